The maximum absolute atomic E-state index is 11.1. The zero-order chi connectivity index (χ0) is 11.3. The van der Waals surface area contributed by atoms with E-state index in [1.807, 2.05) is 6.07 Å². The lowest BCUT2D eigenvalue weighted by molar-refractivity contribution is -0.141. The van der Waals surface area contributed by atoms with Gasteiger partial charge in [0.05, 0.1) is 24.4 Å². The van der Waals surface area contributed by atoms with Gasteiger partial charge in [-0.05, 0) is 12.1 Å². The van der Waals surface area contributed by atoms with E-state index in [-0.39, 0.29) is 5.69 Å². The van der Waals surface area contributed by atoms with Crippen LogP contribution in [0.2, 0.25) is 0 Å². The van der Waals surface area contributed by atoms with Gasteiger partial charge < -0.3 is 4.74 Å². The molecule has 5 nitrogen and oxygen atoms in total. The Labute approximate surface area is 86.5 Å². The fourth-order valence-electron chi connectivity index (χ4n) is 1.000. The van der Waals surface area contributed by atoms with Crippen molar-refractivity contribution in [1.29, 1.82) is 10.5 Å². The monoisotopic (exact) mass is 201 g/mol. The van der Waals surface area contributed by atoms with Crippen LogP contribution in [0.4, 0.5) is 0 Å². The number of hydrogen-bond donors (Lipinski definition) is 0. The standard InChI is InChI=1S/C10H7N3O2/c1-15-10(14)8(5-12)9-3-2-7(4-11)6-13-9/h2-3,6,8H,1H3/t8-/m1/s1. The van der Waals surface area contributed by atoms with Crippen LogP contribution < -0.4 is 0 Å². The molecule has 0 fully saturated rings. The number of carbonyl (C=O) groups excluding carboxylic acids is 1. The Morgan fingerprint density at radius 3 is 2.67 bits per heavy atom. The summed E-state index contributed by atoms with van der Waals surface area (Å²) in [6, 6.07) is 6.64. The molecule has 74 valence electrons. The number of aromatic nitrogens is 1. The minimum Gasteiger partial charge on any atom is -0.468 e. The van der Waals surface area contributed by atoms with Crippen LogP contribution in [0.25, 0.3) is 0 Å². The lowest BCUT2D eigenvalue weighted by Gasteiger charge is -2.05. The van der Waals surface area contributed by atoms with Gasteiger partial charge >= 0.3 is 5.97 Å². The zero-order valence-corrected chi connectivity index (χ0v) is 7.97. The van der Waals surface area contributed by atoms with Crippen molar-refractivity contribution in [3.05, 3.63) is 29.6 Å². The van der Waals surface area contributed by atoms with E-state index in [4.69, 9.17) is 10.5 Å². The Hall–Kier alpha value is -2.40. The minimum atomic E-state index is -1.04. The molecule has 1 rings (SSSR count). The van der Waals surface area contributed by atoms with Gasteiger partial charge in [-0.15, -0.1) is 0 Å². The average molecular weight is 201 g/mol. The highest BCUT2D eigenvalue weighted by atomic mass is 16.5. The molecule has 0 radical (unpaired) electrons. The number of pyridine rings is 1. The molecule has 1 aromatic heterocycles. The topological polar surface area (TPSA) is 86.8 Å². The van der Waals surface area contributed by atoms with Gasteiger partial charge in [0.2, 0.25) is 0 Å². The maximum Gasteiger partial charge on any atom is 0.329 e. The predicted octanol–water partition coefficient (Wildman–Crippen LogP) is 0.733. The second kappa shape index (κ2) is 4.73. The number of esters is 1. The summed E-state index contributed by atoms with van der Waals surface area (Å²) in [5, 5.41) is 17.3. The molecule has 0 aliphatic heterocycles. The van der Waals surface area contributed by atoms with Crippen molar-refractivity contribution in [3.8, 4) is 12.1 Å². The van der Waals surface area contributed by atoms with Crippen molar-refractivity contribution in [2.75, 3.05) is 7.11 Å². The smallest absolute Gasteiger partial charge is 0.329 e. The largest absolute Gasteiger partial charge is 0.468 e. The zero-order valence-electron chi connectivity index (χ0n) is 7.97. The summed E-state index contributed by atoms with van der Waals surface area (Å²) >= 11 is 0. The molecule has 1 heterocycles. The van der Waals surface area contributed by atoms with Gasteiger partial charge in [-0.1, -0.05) is 0 Å². The fraction of sp³-hybridized carbons (Fsp3) is 0.200. The van der Waals surface area contributed by atoms with E-state index >= 15 is 0 Å². The van der Waals surface area contributed by atoms with E-state index in [0.29, 0.717) is 5.56 Å². The van der Waals surface area contributed by atoms with E-state index in [1.54, 1.807) is 6.07 Å². The Balaban J connectivity index is 3.00. The van der Waals surface area contributed by atoms with Crippen LogP contribution in [0.1, 0.15) is 17.2 Å². The third-order valence-electron chi connectivity index (χ3n) is 1.78. The molecule has 0 amide bonds. The average Bonchev–Trinajstić information content (AvgIpc) is 2.30. The molecule has 0 aromatic carbocycles. The van der Waals surface area contributed by atoms with Crippen LogP contribution >= 0.6 is 0 Å². The summed E-state index contributed by atoms with van der Waals surface area (Å²) in [4.78, 5) is 15.0. The van der Waals surface area contributed by atoms with Crippen molar-refractivity contribution in [3.63, 3.8) is 0 Å². The molecule has 0 N–H and O–H groups in total. The molecule has 0 aliphatic rings. The van der Waals surface area contributed by atoms with Crippen molar-refractivity contribution in [1.82, 2.24) is 4.98 Å². The van der Waals surface area contributed by atoms with E-state index in [0.717, 1.165) is 0 Å². The van der Waals surface area contributed by atoms with Crippen molar-refractivity contribution in [2.45, 2.75) is 5.92 Å². The van der Waals surface area contributed by atoms with Crippen molar-refractivity contribution in [2.24, 2.45) is 0 Å². The maximum atomic E-state index is 11.1. The van der Waals surface area contributed by atoms with Gasteiger partial charge in [-0.2, -0.15) is 10.5 Å². The molecule has 0 aliphatic carbocycles. The van der Waals surface area contributed by atoms with Gasteiger partial charge in [0, 0.05) is 6.20 Å². The Kier molecular flexibility index (Phi) is 3.37. The van der Waals surface area contributed by atoms with Crippen LogP contribution in [-0.2, 0) is 9.53 Å². The van der Waals surface area contributed by atoms with E-state index < -0.39 is 11.9 Å². The van der Waals surface area contributed by atoms with Crippen LogP contribution in [0.15, 0.2) is 18.3 Å². The van der Waals surface area contributed by atoms with Gasteiger partial charge in [0.15, 0.2) is 5.92 Å². The molecule has 0 spiro atoms. The molecular weight excluding hydrogens is 194 g/mol. The fourth-order valence-corrected chi connectivity index (χ4v) is 1.000. The number of hydrogen-bond acceptors (Lipinski definition) is 5. The lowest BCUT2D eigenvalue weighted by Crippen LogP contribution is -2.13. The number of nitriles is 2. The molecule has 5 heteroatoms. The lowest BCUT2D eigenvalue weighted by atomic mass is 10.1. The molecule has 0 saturated carbocycles. The number of methoxy groups -OCH3 is 1. The third kappa shape index (κ3) is 2.29. The quantitative estimate of drug-likeness (QED) is 0.658. The molecule has 0 bridgehead atoms. The molecule has 15 heavy (non-hydrogen) atoms. The van der Waals surface area contributed by atoms with Crippen LogP contribution in [0.3, 0.4) is 0 Å². The highest BCUT2D eigenvalue weighted by Gasteiger charge is 2.21. The first-order valence-electron chi connectivity index (χ1n) is 4.06. The second-order valence-corrected chi connectivity index (χ2v) is 2.67. The van der Waals surface area contributed by atoms with Gasteiger partial charge in [0.25, 0.3) is 0 Å². The molecule has 1 aromatic rings. The first kappa shape index (κ1) is 10.7. The first-order valence-corrected chi connectivity index (χ1v) is 4.06. The van der Waals surface area contributed by atoms with Crippen molar-refractivity contribution >= 4 is 5.97 Å². The first-order chi connectivity index (χ1) is 7.22. The number of ether oxygens (including phenoxy) is 1. The summed E-state index contributed by atoms with van der Waals surface area (Å²) < 4.78 is 4.45. The number of nitrogens with zero attached hydrogens (tertiary/aromatic N) is 3. The summed E-state index contributed by atoms with van der Waals surface area (Å²) in [6.07, 6.45) is 1.31. The minimum absolute atomic E-state index is 0.281. The highest BCUT2D eigenvalue weighted by Crippen LogP contribution is 2.13. The van der Waals surface area contributed by atoms with Crippen molar-refractivity contribution < 1.29 is 9.53 Å². The summed E-state index contributed by atoms with van der Waals surface area (Å²) in [7, 11) is 1.20. The molecular formula is C10H7N3O2. The van der Waals surface area contributed by atoms with E-state index in [1.165, 1.54) is 25.4 Å². The number of rotatable bonds is 2. The summed E-state index contributed by atoms with van der Waals surface area (Å²) in [5.41, 5.74) is 0.656. The number of carbonyl (C=O) groups is 1. The van der Waals surface area contributed by atoms with Gasteiger partial charge in [-0.25, -0.2) is 0 Å². The SMILES string of the molecule is COC(=O)[C@H](C#N)c1ccc(C#N)cn1. The van der Waals surface area contributed by atoms with E-state index in [2.05, 4.69) is 9.72 Å². The van der Waals surface area contributed by atoms with Crippen LogP contribution in [0, 0.1) is 22.7 Å². The third-order valence-corrected chi connectivity index (χ3v) is 1.78. The van der Waals surface area contributed by atoms with Crippen LogP contribution in [-0.4, -0.2) is 18.1 Å². The predicted molar refractivity (Wildman–Crippen MR) is 49.3 cm³/mol. The molecule has 0 saturated heterocycles. The van der Waals surface area contributed by atoms with Gasteiger partial charge in [0.1, 0.15) is 6.07 Å². The Morgan fingerprint density at radius 2 is 2.27 bits per heavy atom. The normalized spacial score (nSPS) is 10.9. The summed E-state index contributed by atoms with van der Waals surface area (Å²) in [5.74, 6) is -1.70. The Morgan fingerprint density at radius 1 is 1.53 bits per heavy atom. The van der Waals surface area contributed by atoms with E-state index in [9.17, 15) is 4.79 Å². The molecule has 0 unspecified atom stereocenters. The van der Waals surface area contributed by atoms with Crippen LogP contribution in [0.5, 0.6) is 0 Å². The second-order valence-electron chi connectivity index (χ2n) is 2.67. The summed E-state index contributed by atoms with van der Waals surface area (Å²) in [6.45, 7) is 0. The Bertz CT molecular complexity index is 439. The molecule has 1 atom stereocenters. The van der Waals surface area contributed by atoms with Gasteiger partial charge in [-0.3, -0.25) is 9.78 Å². The highest BCUT2D eigenvalue weighted by molar-refractivity contribution is 5.80.